The number of pyridine rings is 1. The maximum atomic E-state index is 12.1. The predicted molar refractivity (Wildman–Crippen MR) is 85.7 cm³/mol. The van der Waals surface area contributed by atoms with Crippen LogP contribution < -0.4 is 10.7 Å². The van der Waals surface area contributed by atoms with Gasteiger partial charge >= 0.3 is 0 Å². The van der Waals surface area contributed by atoms with Crippen LogP contribution in [-0.4, -0.2) is 16.6 Å². The van der Waals surface area contributed by atoms with E-state index in [4.69, 9.17) is 10.5 Å². The Labute approximate surface area is 132 Å². The van der Waals surface area contributed by atoms with E-state index in [0.717, 1.165) is 5.56 Å². The van der Waals surface area contributed by atoms with Crippen molar-refractivity contribution in [3.63, 3.8) is 0 Å². The van der Waals surface area contributed by atoms with Gasteiger partial charge in [0.05, 0.1) is 17.6 Å². The SMILES string of the molecule is Cc1cncc(NC(=O)c2ccc(NN=C(C#N)C#N)cc2)c1. The summed E-state index contributed by atoms with van der Waals surface area (Å²) in [6.45, 7) is 1.89. The van der Waals surface area contributed by atoms with Gasteiger partial charge < -0.3 is 5.32 Å². The summed E-state index contributed by atoms with van der Waals surface area (Å²) in [5.74, 6) is -0.262. The number of hydrogen-bond donors (Lipinski definition) is 2. The number of rotatable bonds is 4. The number of nitriles is 2. The van der Waals surface area contributed by atoms with Crippen LogP contribution in [-0.2, 0) is 0 Å². The summed E-state index contributed by atoms with van der Waals surface area (Å²) >= 11 is 0. The third-order valence-electron chi connectivity index (χ3n) is 2.79. The number of hydrazone groups is 1. The van der Waals surface area contributed by atoms with Crippen LogP contribution in [0, 0.1) is 29.6 Å². The van der Waals surface area contributed by atoms with Crippen LogP contribution in [0.2, 0.25) is 0 Å². The van der Waals surface area contributed by atoms with E-state index in [1.807, 2.05) is 13.0 Å². The zero-order valence-electron chi connectivity index (χ0n) is 12.2. The van der Waals surface area contributed by atoms with Crippen LogP contribution >= 0.6 is 0 Å². The molecule has 1 aromatic carbocycles. The quantitative estimate of drug-likeness (QED) is 0.665. The molecule has 1 amide bonds. The second-order valence-electron chi connectivity index (χ2n) is 4.58. The Morgan fingerprint density at radius 1 is 1.13 bits per heavy atom. The lowest BCUT2D eigenvalue weighted by molar-refractivity contribution is 0.102. The van der Waals surface area contributed by atoms with Crippen molar-refractivity contribution in [3.05, 3.63) is 53.9 Å². The molecule has 0 aliphatic rings. The highest BCUT2D eigenvalue weighted by molar-refractivity contribution is 6.10. The number of benzene rings is 1. The number of hydrogen-bond acceptors (Lipinski definition) is 6. The van der Waals surface area contributed by atoms with E-state index in [9.17, 15) is 4.79 Å². The molecule has 2 aromatic rings. The van der Waals surface area contributed by atoms with Crippen LogP contribution in [0.3, 0.4) is 0 Å². The van der Waals surface area contributed by atoms with Gasteiger partial charge in [0, 0.05) is 11.8 Å². The highest BCUT2D eigenvalue weighted by Crippen LogP contribution is 2.13. The fraction of sp³-hybridized carbons (Fsp3) is 0.0625. The van der Waals surface area contributed by atoms with Crippen molar-refractivity contribution in [1.82, 2.24) is 4.98 Å². The molecule has 112 valence electrons. The van der Waals surface area contributed by atoms with Crippen LogP contribution in [0.5, 0.6) is 0 Å². The third-order valence-corrected chi connectivity index (χ3v) is 2.79. The molecule has 2 rings (SSSR count). The van der Waals surface area contributed by atoms with E-state index in [1.165, 1.54) is 0 Å². The van der Waals surface area contributed by atoms with Crippen molar-refractivity contribution in [2.24, 2.45) is 5.10 Å². The van der Waals surface area contributed by atoms with Crippen LogP contribution in [0.1, 0.15) is 15.9 Å². The zero-order chi connectivity index (χ0) is 16.7. The zero-order valence-corrected chi connectivity index (χ0v) is 12.2. The molecular weight excluding hydrogens is 292 g/mol. The average Bonchev–Trinajstić information content (AvgIpc) is 2.56. The molecule has 2 N–H and O–H groups in total. The molecule has 0 fully saturated rings. The average molecular weight is 304 g/mol. The minimum Gasteiger partial charge on any atom is -0.321 e. The molecule has 0 unspecified atom stereocenters. The van der Waals surface area contributed by atoms with Crippen molar-refractivity contribution in [3.8, 4) is 12.1 Å². The Kier molecular flexibility index (Phi) is 5.00. The Hall–Kier alpha value is -3.71. The number of carbonyl (C=O) groups is 1. The normalized spacial score (nSPS) is 9.17. The molecular formula is C16H12N6O. The minimum absolute atomic E-state index is 0.262. The van der Waals surface area contributed by atoms with E-state index >= 15 is 0 Å². The Morgan fingerprint density at radius 2 is 1.83 bits per heavy atom. The highest BCUT2D eigenvalue weighted by atomic mass is 16.1. The molecule has 0 saturated carbocycles. The lowest BCUT2D eigenvalue weighted by atomic mass is 10.2. The molecule has 0 aliphatic carbocycles. The minimum atomic E-state index is -0.279. The molecule has 1 aromatic heterocycles. The Bertz CT molecular complexity index is 811. The standard InChI is InChI=1S/C16H12N6O/c1-11-6-14(10-19-9-11)20-16(23)12-2-4-13(5-3-12)21-22-15(7-17)8-18/h2-6,9-10,21H,1H3,(H,20,23). The monoisotopic (exact) mass is 304 g/mol. The Balaban J connectivity index is 2.05. The van der Waals surface area contributed by atoms with Crippen molar-refractivity contribution in [1.29, 1.82) is 10.5 Å². The van der Waals surface area contributed by atoms with Gasteiger partial charge in [-0.3, -0.25) is 15.2 Å². The number of nitrogens with zero attached hydrogens (tertiary/aromatic N) is 4. The first kappa shape index (κ1) is 15.7. The van der Waals surface area contributed by atoms with Gasteiger partial charge in [-0.05, 0) is 42.8 Å². The molecule has 23 heavy (non-hydrogen) atoms. The molecule has 0 atom stereocenters. The molecule has 0 aliphatic heterocycles. The van der Waals surface area contributed by atoms with Crippen molar-refractivity contribution in [2.45, 2.75) is 6.92 Å². The van der Waals surface area contributed by atoms with Gasteiger partial charge in [0.15, 0.2) is 0 Å². The molecule has 7 heteroatoms. The molecule has 0 bridgehead atoms. The van der Waals surface area contributed by atoms with Gasteiger partial charge in [-0.15, -0.1) is 0 Å². The van der Waals surface area contributed by atoms with Gasteiger partial charge in [0.25, 0.3) is 5.91 Å². The van der Waals surface area contributed by atoms with Crippen molar-refractivity contribution >= 4 is 23.0 Å². The summed E-state index contributed by atoms with van der Waals surface area (Å²) in [6.07, 6.45) is 3.27. The van der Waals surface area contributed by atoms with Gasteiger partial charge in [0.1, 0.15) is 12.1 Å². The summed E-state index contributed by atoms with van der Waals surface area (Å²) in [6, 6.07) is 11.6. The lowest BCUT2D eigenvalue weighted by Gasteiger charge is -2.06. The number of aromatic nitrogens is 1. The third kappa shape index (κ3) is 4.38. The molecule has 0 spiro atoms. The van der Waals surface area contributed by atoms with E-state index in [-0.39, 0.29) is 11.6 Å². The summed E-state index contributed by atoms with van der Waals surface area (Å²) in [5, 5.41) is 23.5. The topological polar surface area (TPSA) is 114 Å². The molecule has 7 nitrogen and oxygen atoms in total. The van der Waals surface area contributed by atoms with Crippen molar-refractivity contribution < 1.29 is 4.79 Å². The van der Waals surface area contributed by atoms with E-state index in [2.05, 4.69) is 20.8 Å². The number of amides is 1. The van der Waals surface area contributed by atoms with Gasteiger partial charge in [0.2, 0.25) is 5.71 Å². The van der Waals surface area contributed by atoms with E-state index in [0.29, 0.717) is 16.9 Å². The summed E-state index contributed by atoms with van der Waals surface area (Å²) < 4.78 is 0. The number of anilines is 2. The second-order valence-corrected chi connectivity index (χ2v) is 4.58. The van der Waals surface area contributed by atoms with E-state index in [1.54, 1.807) is 48.8 Å². The summed E-state index contributed by atoms with van der Waals surface area (Å²) in [5.41, 5.74) is 4.88. The highest BCUT2D eigenvalue weighted by Gasteiger charge is 2.06. The maximum absolute atomic E-state index is 12.1. The molecule has 0 saturated heterocycles. The largest absolute Gasteiger partial charge is 0.321 e. The second kappa shape index (κ2) is 7.34. The Morgan fingerprint density at radius 3 is 2.43 bits per heavy atom. The summed E-state index contributed by atoms with van der Waals surface area (Å²) in [4.78, 5) is 16.1. The lowest BCUT2D eigenvalue weighted by Crippen LogP contribution is -2.12. The number of aryl methyl sites for hydroxylation is 1. The van der Waals surface area contributed by atoms with Gasteiger partial charge in [-0.2, -0.15) is 15.6 Å². The smallest absolute Gasteiger partial charge is 0.255 e. The fourth-order valence-electron chi connectivity index (χ4n) is 1.72. The summed E-state index contributed by atoms with van der Waals surface area (Å²) in [7, 11) is 0. The first-order chi connectivity index (χ1) is 11.1. The molecule has 1 heterocycles. The number of carbonyl (C=O) groups excluding carboxylic acids is 1. The van der Waals surface area contributed by atoms with Crippen LogP contribution in [0.4, 0.5) is 11.4 Å². The van der Waals surface area contributed by atoms with Gasteiger partial charge in [-0.25, -0.2) is 0 Å². The number of nitrogens with one attached hydrogen (secondary N) is 2. The van der Waals surface area contributed by atoms with Crippen LogP contribution in [0.15, 0.2) is 47.8 Å². The first-order valence-electron chi connectivity index (χ1n) is 6.59. The van der Waals surface area contributed by atoms with E-state index < -0.39 is 0 Å². The molecule has 0 radical (unpaired) electrons. The fourth-order valence-corrected chi connectivity index (χ4v) is 1.72. The maximum Gasteiger partial charge on any atom is 0.255 e. The predicted octanol–water partition coefficient (Wildman–Crippen LogP) is 2.46. The van der Waals surface area contributed by atoms with Crippen molar-refractivity contribution in [2.75, 3.05) is 10.7 Å². The van der Waals surface area contributed by atoms with Crippen LogP contribution in [0.25, 0.3) is 0 Å². The van der Waals surface area contributed by atoms with Gasteiger partial charge in [-0.1, -0.05) is 0 Å². The first-order valence-corrected chi connectivity index (χ1v) is 6.59.